The molecule has 1 fully saturated rings. The lowest BCUT2D eigenvalue weighted by Gasteiger charge is -2.32. The van der Waals surface area contributed by atoms with E-state index in [2.05, 4.69) is 31.1 Å². The number of nitrogens with one attached hydrogen (secondary N) is 2. The molecule has 6 nitrogen and oxygen atoms in total. The zero-order chi connectivity index (χ0) is 25.7. The van der Waals surface area contributed by atoms with Crippen LogP contribution in [0.2, 0.25) is 0 Å². The molecule has 2 aromatic carbocycles. The summed E-state index contributed by atoms with van der Waals surface area (Å²) in [6.07, 6.45) is 5.39. The molecule has 0 amide bonds. The molecular weight excluding hydrogens is 488 g/mol. The van der Waals surface area contributed by atoms with Gasteiger partial charge in [-0.3, -0.25) is 9.59 Å². The molecule has 0 radical (unpaired) electrons. The number of para-hydroxylation sites is 1. The van der Waals surface area contributed by atoms with Crippen LogP contribution in [0.3, 0.4) is 0 Å². The molecule has 7 heteroatoms. The highest BCUT2D eigenvalue weighted by Crippen LogP contribution is 2.37. The predicted octanol–water partition coefficient (Wildman–Crippen LogP) is 6.99. The summed E-state index contributed by atoms with van der Waals surface area (Å²) < 4.78 is 12.6. The average molecular weight is 527 g/mol. The van der Waals surface area contributed by atoms with Crippen molar-refractivity contribution in [3.63, 3.8) is 0 Å². The normalized spacial score (nSPS) is 15.7. The molecule has 1 aromatic heterocycles. The lowest BCUT2D eigenvalue weighted by molar-refractivity contribution is -0.157. The van der Waals surface area contributed by atoms with Crippen molar-refractivity contribution in [1.29, 1.82) is 0 Å². The number of aryl methyl sites for hydroxylation is 1. The zero-order valence-corrected chi connectivity index (χ0v) is 23.0. The summed E-state index contributed by atoms with van der Waals surface area (Å²) >= 11 is 0. The molecule has 2 unspecified atom stereocenters. The molecule has 0 spiro atoms. The Bertz CT molecular complexity index is 1250. The third-order valence-electron chi connectivity index (χ3n) is 7.04. The van der Waals surface area contributed by atoms with Crippen LogP contribution >= 0.6 is 12.4 Å². The summed E-state index contributed by atoms with van der Waals surface area (Å²) in [4.78, 5) is 28.6. The predicted molar refractivity (Wildman–Crippen MR) is 151 cm³/mol. The maximum Gasteiger partial charge on any atom is 0.309 e. The minimum atomic E-state index is -0.493. The molecule has 1 saturated carbocycles. The van der Waals surface area contributed by atoms with Crippen LogP contribution in [-0.4, -0.2) is 23.0 Å². The first-order chi connectivity index (χ1) is 17.4. The molecule has 3 aromatic rings. The number of hydrogen-bond acceptors (Lipinski definition) is 5. The van der Waals surface area contributed by atoms with Crippen molar-refractivity contribution in [3.05, 3.63) is 70.0 Å². The van der Waals surface area contributed by atoms with Crippen molar-refractivity contribution in [1.82, 2.24) is 10.3 Å². The number of aromatic nitrogens is 1. The van der Waals surface area contributed by atoms with Crippen LogP contribution in [0.1, 0.15) is 76.5 Å². The van der Waals surface area contributed by atoms with Crippen LogP contribution in [0.5, 0.6) is 11.5 Å². The number of benzene rings is 2. The number of ether oxygens (including phenoxy) is 2. The van der Waals surface area contributed by atoms with Gasteiger partial charge in [-0.2, -0.15) is 0 Å². The SMILES string of the molecule is CCC(NC(C)C)C(OC(=O)C1CCCCC1)c1ccc(Oc2ccccc2C)c2[nH]c(=O)ccc12.Cl. The second-order valence-corrected chi connectivity index (χ2v) is 10.2. The first-order valence-electron chi connectivity index (χ1n) is 13.2. The van der Waals surface area contributed by atoms with Gasteiger partial charge in [-0.1, -0.05) is 64.3 Å². The molecule has 0 saturated heterocycles. The van der Waals surface area contributed by atoms with Gasteiger partial charge in [0.25, 0.3) is 0 Å². The zero-order valence-electron chi connectivity index (χ0n) is 22.2. The largest absolute Gasteiger partial charge is 0.456 e. The molecule has 2 atom stereocenters. The van der Waals surface area contributed by atoms with E-state index < -0.39 is 6.10 Å². The van der Waals surface area contributed by atoms with Crippen molar-refractivity contribution in [2.24, 2.45) is 5.92 Å². The third-order valence-corrected chi connectivity index (χ3v) is 7.04. The molecule has 0 aliphatic heterocycles. The molecule has 200 valence electrons. The fourth-order valence-electron chi connectivity index (χ4n) is 5.14. The van der Waals surface area contributed by atoms with E-state index in [1.54, 1.807) is 6.07 Å². The maximum atomic E-state index is 13.3. The van der Waals surface area contributed by atoms with E-state index in [0.717, 1.165) is 54.4 Å². The van der Waals surface area contributed by atoms with Gasteiger partial charge in [0, 0.05) is 29.1 Å². The average Bonchev–Trinajstić information content (AvgIpc) is 2.88. The second kappa shape index (κ2) is 13.1. The number of halogens is 1. The number of esters is 1. The van der Waals surface area contributed by atoms with Crippen LogP contribution in [0, 0.1) is 12.8 Å². The summed E-state index contributed by atoms with van der Waals surface area (Å²) in [5.41, 5.74) is 2.25. The molecule has 1 heterocycles. The Balaban J connectivity index is 0.00000380. The molecular formula is C30H39ClN2O4. The highest BCUT2D eigenvalue weighted by Gasteiger charge is 2.32. The Hall–Kier alpha value is -2.83. The summed E-state index contributed by atoms with van der Waals surface area (Å²) in [6.45, 7) is 8.27. The van der Waals surface area contributed by atoms with Crippen LogP contribution in [0.25, 0.3) is 10.9 Å². The monoisotopic (exact) mass is 526 g/mol. The molecule has 2 N–H and O–H groups in total. The number of rotatable bonds is 9. The summed E-state index contributed by atoms with van der Waals surface area (Å²) in [5.74, 6) is 1.11. The van der Waals surface area contributed by atoms with E-state index in [-0.39, 0.29) is 41.9 Å². The van der Waals surface area contributed by atoms with Gasteiger partial charge >= 0.3 is 5.97 Å². The molecule has 1 aliphatic rings. The topological polar surface area (TPSA) is 80.4 Å². The van der Waals surface area contributed by atoms with Crippen molar-refractivity contribution in [3.8, 4) is 11.5 Å². The number of carbonyl (C=O) groups is 1. The van der Waals surface area contributed by atoms with Crippen LogP contribution in [0.15, 0.2) is 53.3 Å². The van der Waals surface area contributed by atoms with Gasteiger partial charge in [0.1, 0.15) is 11.9 Å². The minimum Gasteiger partial charge on any atom is -0.456 e. The summed E-state index contributed by atoms with van der Waals surface area (Å²) in [5, 5.41) is 4.41. The molecule has 37 heavy (non-hydrogen) atoms. The van der Waals surface area contributed by atoms with Crippen molar-refractivity contribution < 1.29 is 14.3 Å². The number of pyridine rings is 1. The van der Waals surface area contributed by atoms with Crippen molar-refractivity contribution in [2.75, 3.05) is 0 Å². The molecule has 4 rings (SSSR count). The van der Waals surface area contributed by atoms with Gasteiger partial charge in [0.15, 0.2) is 5.75 Å². The van der Waals surface area contributed by atoms with Crippen LogP contribution < -0.4 is 15.6 Å². The highest BCUT2D eigenvalue weighted by atomic mass is 35.5. The van der Waals surface area contributed by atoms with Gasteiger partial charge in [-0.05, 0) is 49.9 Å². The summed E-state index contributed by atoms with van der Waals surface area (Å²) in [7, 11) is 0. The number of fused-ring (bicyclic) bond motifs is 1. The fraction of sp³-hybridized carbons (Fsp3) is 0.467. The first kappa shape index (κ1) is 28.7. The van der Waals surface area contributed by atoms with E-state index in [1.165, 1.54) is 12.5 Å². The second-order valence-electron chi connectivity index (χ2n) is 10.2. The number of aromatic amines is 1. The van der Waals surface area contributed by atoms with Gasteiger partial charge < -0.3 is 19.8 Å². The van der Waals surface area contributed by atoms with E-state index >= 15 is 0 Å². The van der Waals surface area contributed by atoms with Gasteiger partial charge in [0.05, 0.1) is 11.4 Å². The lowest BCUT2D eigenvalue weighted by atomic mass is 9.89. The lowest BCUT2D eigenvalue weighted by Crippen LogP contribution is -2.41. The highest BCUT2D eigenvalue weighted by molar-refractivity contribution is 5.88. The van der Waals surface area contributed by atoms with E-state index in [4.69, 9.17) is 9.47 Å². The minimum absolute atomic E-state index is 0. The van der Waals surface area contributed by atoms with Gasteiger partial charge in [-0.15, -0.1) is 12.4 Å². The quantitative estimate of drug-likeness (QED) is 0.294. The number of H-pyrrole nitrogens is 1. The van der Waals surface area contributed by atoms with Crippen LogP contribution in [-0.2, 0) is 9.53 Å². The number of carbonyl (C=O) groups excluding carboxylic acids is 1. The number of hydrogen-bond donors (Lipinski definition) is 2. The van der Waals surface area contributed by atoms with Gasteiger partial charge in [0.2, 0.25) is 5.56 Å². The van der Waals surface area contributed by atoms with Crippen molar-refractivity contribution in [2.45, 2.75) is 84.4 Å². The van der Waals surface area contributed by atoms with E-state index in [9.17, 15) is 9.59 Å². The Labute approximate surface area is 225 Å². The Kier molecular flexibility index (Phi) is 10.2. The standard InChI is InChI=1S/C30H38N2O4.ClH/c1-5-24(31-19(2)3)29(36-30(34)21-12-7-6-8-13-21)23-15-17-26(28-22(23)16-18-27(33)32-28)35-25-14-10-9-11-20(25)4;/h9-11,14-19,21,24,29,31H,5-8,12-13H2,1-4H3,(H,32,33);1H. The van der Waals surface area contributed by atoms with E-state index in [0.29, 0.717) is 11.3 Å². The van der Waals surface area contributed by atoms with E-state index in [1.807, 2.05) is 43.3 Å². The molecule has 1 aliphatic carbocycles. The Morgan fingerprint density at radius 1 is 1.03 bits per heavy atom. The smallest absolute Gasteiger partial charge is 0.309 e. The fourth-order valence-corrected chi connectivity index (χ4v) is 5.14. The Morgan fingerprint density at radius 2 is 1.76 bits per heavy atom. The Morgan fingerprint density at radius 3 is 2.43 bits per heavy atom. The summed E-state index contributed by atoms with van der Waals surface area (Å²) in [6, 6.07) is 15.1. The maximum absolute atomic E-state index is 13.3. The third kappa shape index (κ3) is 6.93. The van der Waals surface area contributed by atoms with Crippen molar-refractivity contribution >= 4 is 29.3 Å². The van der Waals surface area contributed by atoms with Crippen LogP contribution in [0.4, 0.5) is 0 Å². The van der Waals surface area contributed by atoms with Gasteiger partial charge in [-0.25, -0.2) is 0 Å². The first-order valence-corrected chi connectivity index (χ1v) is 13.2. The molecule has 0 bridgehead atoms.